The Bertz CT molecular complexity index is 1440. The number of carbonyl (C=O) groups is 2. The predicted octanol–water partition coefficient (Wildman–Crippen LogP) is 4.85. The van der Waals surface area contributed by atoms with Crippen molar-refractivity contribution < 1.29 is 18.4 Å². The number of hydrogen-bond donors (Lipinski definition) is 3. The number of H-pyrrole nitrogens is 1. The van der Waals surface area contributed by atoms with Crippen molar-refractivity contribution >= 4 is 45.0 Å². The van der Waals surface area contributed by atoms with Gasteiger partial charge in [-0.1, -0.05) is 0 Å². The molecular formula is C23H16FN5O3S. The SMILES string of the molecule is O=C(Cc1csc(NC(=O)c2ccco2)n1)Nc1ccc2nc(-c3ccc(F)cc3)[nH]c2c1. The maximum absolute atomic E-state index is 13.2. The van der Waals surface area contributed by atoms with Gasteiger partial charge in [-0.2, -0.15) is 0 Å². The van der Waals surface area contributed by atoms with Crippen molar-refractivity contribution in [3.63, 3.8) is 0 Å². The zero-order valence-electron chi connectivity index (χ0n) is 17.0. The van der Waals surface area contributed by atoms with Gasteiger partial charge < -0.3 is 14.7 Å². The molecule has 0 saturated heterocycles. The highest BCUT2D eigenvalue weighted by atomic mass is 32.1. The highest BCUT2D eigenvalue weighted by Gasteiger charge is 2.13. The van der Waals surface area contributed by atoms with Crippen molar-refractivity contribution in [1.29, 1.82) is 0 Å². The monoisotopic (exact) mass is 461 g/mol. The summed E-state index contributed by atoms with van der Waals surface area (Å²) in [5.74, 6) is -0.173. The third-order valence-corrected chi connectivity index (χ3v) is 5.55. The molecule has 8 nitrogen and oxygen atoms in total. The number of amides is 2. The van der Waals surface area contributed by atoms with E-state index in [1.165, 1.54) is 29.7 Å². The fourth-order valence-electron chi connectivity index (χ4n) is 3.21. The summed E-state index contributed by atoms with van der Waals surface area (Å²) in [6, 6.07) is 14.5. The summed E-state index contributed by atoms with van der Waals surface area (Å²) in [5, 5.41) is 7.57. The molecule has 5 aromatic rings. The van der Waals surface area contributed by atoms with Gasteiger partial charge >= 0.3 is 0 Å². The van der Waals surface area contributed by atoms with Crippen LogP contribution in [0.3, 0.4) is 0 Å². The largest absolute Gasteiger partial charge is 0.459 e. The van der Waals surface area contributed by atoms with Crippen LogP contribution in [0.1, 0.15) is 16.2 Å². The minimum absolute atomic E-state index is 0.0506. The number of aromatic nitrogens is 3. The first-order valence-electron chi connectivity index (χ1n) is 9.88. The summed E-state index contributed by atoms with van der Waals surface area (Å²) in [4.78, 5) is 36.5. The number of furan rings is 1. The second kappa shape index (κ2) is 8.67. The van der Waals surface area contributed by atoms with Crippen LogP contribution in [0, 0.1) is 5.82 Å². The van der Waals surface area contributed by atoms with Crippen LogP contribution in [-0.2, 0) is 11.2 Å². The maximum atomic E-state index is 13.2. The van der Waals surface area contributed by atoms with Crippen molar-refractivity contribution in [2.45, 2.75) is 6.42 Å². The minimum Gasteiger partial charge on any atom is -0.459 e. The van der Waals surface area contributed by atoms with E-state index in [1.807, 2.05) is 0 Å². The Morgan fingerprint density at radius 1 is 1.06 bits per heavy atom. The van der Waals surface area contributed by atoms with Gasteiger partial charge in [0.1, 0.15) is 11.6 Å². The Kier molecular flexibility index (Phi) is 5.41. The average Bonchev–Trinajstić information content (AvgIpc) is 3.55. The highest BCUT2D eigenvalue weighted by molar-refractivity contribution is 7.14. The molecule has 2 amide bonds. The van der Waals surface area contributed by atoms with E-state index in [-0.39, 0.29) is 23.9 Å². The van der Waals surface area contributed by atoms with Gasteiger partial charge in [-0.3, -0.25) is 14.9 Å². The van der Waals surface area contributed by atoms with Gasteiger partial charge in [-0.25, -0.2) is 14.4 Å². The highest BCUT2D eigenvalue weighted by Crippen LogP contribution is 2.23. The molecule has 3 heterocycles. The molecule has 2 aromatic carbocycles. The van der Waals surface area contributed by atoms with E-state index in [1.54, 1.807) is 47.8 Å². The molecule has 0 fully saturated rings. The smallest absolute Gasteiger partial charge is 0.293 e. The number of aromatic amines is 1. The third kappa shape index (κ3) is 4.65. The Labute approximate surface area is 190 Å². The van der Waals surface area contributed by atoms with Gasteiger partial charge in [-0.15, -0.1) is 11.3 Å². The van der Waals surface area contributed by atoms with Crippen LogP contribution >= 0.6 is 11.3 Å². The van der Waals surface area contributed by atoms with Gasteiger partial charge in [0.2, 0.25) is 5.91 Å². The van der Waals surface area contributed by atoms with Crippen LogP contribution in [0.5, 0.6) is 0 Å². The minimum atomic E-state index is -0.404. The number of rotatable bonds is 6. The summed E-state index contributed by atoms with van der Waals surface area (Å²) in [5.41, 5.74) is 3.36. The number of hydrogen-bond acceptors (Lipinski definition) is 6. The fourth-order valence-corrected chi connectivity index (χ4v) is 3.92. The van der Waals surface area contributed by atoms with Crippen molar-refractivity contribution in [2.24, 2.45) is 0 Å². The Balaban J connectivity index is 1.23. The van der Waals surface area contributed by atoms with Crippen molar-refractivity contribution in [2.75, 3.05) is 10.6 Å². The van der Waals surface area contributed by atoms with E-state index in [4.69, 9.17) is 4.42 Å². The van der Waals surface area contributed by atoms with E-state index in [9.17, 15) is 14.0 Å². The van der Waals surface area contributed by atoms with Gasteiger partial charge in [0, 0.05) is 16.6 Å². The summed E-state index contributed by atoms with van der Waals surface area (Å²) < 4.78 is 18.2. The predicted molar refractivity (Wildman–Crippen MR) is 123 cm³/mol. The number of carbonyl (C=O) groups excluding carboxylic acids is 2. The first kappa shape index (κ1) is 20.6. The molecule has 0 atom stereocenters. The maximum Gasteiger partial charge on any atom is 0.293 e. The van der Waals surface area contributed by atoms with E-state index in [0.717, 1.165) is 16.6 Å². The van der Waals surface area contributed by atoms with Crippen LogP contribution < -0.4 is 10.6 Å². The number of anilines is 2. The molecule has 0 aliphatic carbocycles. The van der Waals surface area contributed by atoms with Gasteiger partial charge in [-0.05, 0) is 54.6 Å². The topological polar surface area (TPSA) is 113 Å². The molecule has 0 saturated carbocycles. The lowest BCUT2D eigenvalue weighted by molar-refractivity contribution is -0.115. The van der Waals surface area contributed by atoms with E-state index < -0.39 is 5.91 Å². The lowest BCUT2D eigenvalue weighted by atomic mass is 10.2. The molecule has 10 heteroatoms. The van der Waals surface area contributed by atoms with E-state index >= 15 is 0 Å². The molecule has 0 bridgehead atoms. The Morgan fingerprint density at radius 2 is 1.91 bits per heavy atom. The zero-order chi connectivity index (χ0) is 22.8. The third-order valence-electron chi connectivity index (χ3n) is 4.74. The number of halogens is 1. The molecular weight excluding hydrogens is 445 g/mol. The Hall–Kier alpha value is -4.31. The molecule has 33 heavy (non-hydrogen) atoms. The molecule has 0 spiro atoms. The summed E-state index contributed by atoms with van der Waals surface area (Å²) in [6.45, 7) is 0. The van der Waals surface area contributed by atoms with Crippen molar-refractivity contribution in [3.05, 3.63) is 83.5 Å². The molecule has 164 valence electrons. The average molecular weight is 461 g/mol. The van der Waals surface area contributed by atoms with Crippen molar-refractivity contribution in [1.82, 2.24) is 15.0 Å². The molecule has 3 aromatic heterocycles. The lowest BCUT2D eigenvalue weighted by Gasteiger charge is -2.04. The first-order valence-corrected chi connectivity index (χ1v) is 10.8. The molecule has 0 aliphatic heterocycles. The lowest BCUT2D eigenvalue weighted by Crippen LogP contribution is -2.15. The van der Waals surface area contributed by atoms with Crippen LogP contribution in [-0.4, -0.2) is 26.8 Å². The quantitative estimate of drug-likeness (QED) is 0.335. The summed E-state index contributed by atoms with van der Waals surface area (Å²) in [7, 11) is 0. The molecule has 0 aliphatic rings. The number of fused-ring (bicyclic) bond motifs is 1. The number of nitrogens with zero attached hydrogens (tertiary/aromatic N) is 2. The van der Waals surface area contributed by atoms with Crippen LogP contribution in [0.4, 0.5) is 15.2 Å². The first-order chi connectivity index (χ1) is 16.0. The standard InChI is InChI=1S/C23H16FN5O3S/c24-14-5-3-13(4-6-14)21-27-17-8-7-15(10-18(17)28-21)25-20(30)11-16-12-33-23(26-16)29-22(31)19-2-1-9-32-19/h1-10,12H,11H2,(H,25,30)(H,27,28)(H,26,29,31). The van der Waals surface area contributed by atoms with Gasteiger partial charge in [0.25, 0.3) is 5.91 Å². The van der Waals surface area contributed by atoms with Crippen molar-refractivity contribution in [3.8, 4) is 11.4 Å². The number of thiazole rings is 1. The molecule has 3 N–H and O–H groups in total. The van der Waals surface area contributed by atoms with Crippen LogP contribution in [0.2, 0.25) is 0 Å². The fraction of sp³-hybridized carbons (Fsp3) is 0.0435. The van der Waals surface area contributed by atoms with E-state index in [0.29, 0.717) is 22.3 Å². The second-order valence-electron chi connectivity index (χ2n) is 7.12. The number of imidazole rings is 1. The Morgan fingerprint density at radius 3 is 2.70 bits per heavy atom. The molecule has 0 unspecified atom stereocenters. The number of benzene rings is 2. The van der Waals surface area contributed by atoms with Crippen LogP contribution in [0.25, 0.3) is 22.4 Å². The molecule has 0 radical (unpaired) electrons. The zero-order valence-corrected chi connectivity index (χ0v) is 17.8. The van der Waals surface area contributed by atoms with Crippen LogP contribution in [0.15, 0.2) is 70.7 Å². The van der Waals surface area contributed by atoms with Gasteiger partial charge in [0.15, 0.2) is 10.9 Å². The van der Waals surface area contributed by atoms with Gasteiger partial charge in [0.05, 0.1) is 29.4 Å². The number of nitrogens with one attached hydrogen (secondary N) is 3. The summed E-state index contributed by atoms with van der Waals surface area (Å²) >= 11 is 1.23. The van der Waals surface area contributed by atoms with E-state index in [2.05, 4.69) is 25.6 Å². The molecule has 5 rings (SSSR count). The normalized spacial score (nSPS) is 10.9. The second-order valence-corrected chi connectivity index (χ2v) is 7.98. The summed E-state index contributed by atoms with van der Waals surface area (Å²) in [6.07, 6.45) is 1.46.